The molecule has 3 aromatic rings. The second kappa shape index (κ2) is 8.46. The summed E-state index contributed by atoms with van der Waals surface area (Å²) in [5.41, 5.74) is 8.12. The first-order valence-corrected chi connectivity index (χ1v) is 8.61. The van der Waals surface area contributed by atoms with Crippen LogP contribution in [0.2, 0.25) is 0 Å². The lowest BCUT2D eigenvalue weighted by atomic mass is 10.1. The highest BCUT2D eigenvalue weighted by molar-refractivity contribution is 6.05. The summed E-state index contributed by atoms with van der Waals surface area (Å²) in [5.74, 6) is -0.0618. The number of H-pyrrole nitrogens is 1. The van der Waals surface area contributed by atoms with E-state index in [0.29, 0.717) is 47.4 Å². The van der Waals surface area contributed by atoms with Gasteiger partial charge in [0.15, 0.2) is 0 Å². The molecule has 2 aromatic carbocycles. The van der Waals surface area contributed by atoms with Gasteiger partial charge in [0.1, 0.15) is 11.6 Å². The number of benzene rings is 2. The van der Waals surface area contributed by atoms with Crippen LogP contribution in [-0.2, 0) is 0 Å². The zero-order valence-electron chi connectivity index (χ0n) is 15.0. The van der Waals surface area contributed by atoms with Crippen LogP contribution in [0.3, 0.4) is 0 Å². The average Bonchev–Trinajstić information content (AvgIpc) is 3.10. The number of ether oxygens (including phenoxy) is 1. The maximum Gasteiger partial charge on any atom is 0.255 e. The largest absolute Gasteiger partial charge is 0.495 e. The molecule has 3 rings (SSSR count). The van der Waals surface area contributed by atoms with Crippen molar-refractivity contribution in [3.8, 4) is 5.75 Å². The maximum absolute atomic E-state index is 13.0. The van der Waals surface area contributed by atoms with Crippen LogP contribution in [0.4, 0.5) is 4.39 Å². The number of carbonyl (C=O) groups excluding carboxylic acids is 1. The van der Waals surface area contributed by atoms with Gasteiger partial charge < -0.3 is 15.8 Å². The highest BCUT2D eigenvalue weighted by Crippen LogP contribution is 2.32. The molecule has 4 N–H and O–H groups in total. The molecular weight excluding hydrogens is 347 g/mol. The molecule has 27 heavy (non-hydrogen) atoms. The molecule has 0 aliphatic rings. The van der Waals surface area contributed by atoms with Crippen molar-refractivity contribution in [2.45, 2.75) is 6.42 Å². The fourth-order valence-corrected chi connectivity index (χ4v) is 2.77. The Labute approximate surface area is 156 Å². The predicted octanol–water partition coefficient (Wildman–Crippen LogP) is 2.96. The Morgan fingerprint density at radius 1 is 1.26 bits per heavy atom. The number of rotatable bonds is 7. The van der Waals surface area contributed by atoms with Crippen molar-refractivity contribution in [1.29, 1.82) is 0 Å². The summed E-state index contributed by atoms with van der Waals surface area (Å²) < 4.78 is 18.6. The van der Waals surface area contributed by atoms with E-state index in [-0.39, 0.29) is 11.7 Å². The Bertz CT molecular complexity index is 964. The molecular formula is C20H21FN4O2. The number of carbonyl (C=O) groups is 1. The molecule has 0 radical (unpaired) electrons. The number of methoxy groups -OCH3 is 1. The van der Waals surface area contributed by atoms with E-state index in [9.17, 15) is 9.18 Å². The molecule has 0 atom stereocenters. The second-order valence-electron chi connectivity index (χ2n) is 5.96. The van der Waals surface area contributed by atoms with Crippen molar-refractivity contribution in [2.24, 2.45) is 5.73 Å². The number of amides is 1. The van der Waals surface area contributed by atoms with Crippen LogP contribution in [-0.4, -0.2) is 36.3 Å². The van der Waals surface area contributed by atoms with Gasteiger partial charge in [-0.15, -0.1) is 0 Å². The van der Waals surface area contributed by atoms with Crippen molar-refractivity contribution < 1.29 is 13.9 Å². The van der Waals surface area contributed by atoms with E-state index in [0.717, 1.165) is 5.56 Å². The van der Waals surface area contributed by atoms with Gasteiger partial charge in [-0.2, -0.15) is 5.10 Å². The number of fused-ring (bicyclic) bond motifs is 1. The number of halogens is 1. The van der Waals surface area contributed by atoms with Crippen LogP contribution in [0.25, 0.3) is 23.1 Å². The van der Waals surface area contributed by atoms with Crippen LogP contribution in [0, 0.1) is 5.82 Å². The van der Waals surface area contributed by atoms with Gasteiger partial charge in [-0.1, -0.05) is 18.2 Å². The standard InChI is InChI=1S/C20H21FN4O2/c1-27-19-15(20(26)23-12-2-11-22)8-10-17-18(19)16(24-25-17)9-5-13-3-6-14(21)7-4-13/h3-10H,2,11-12,22H2,1H3,(H,23,26)(H,24,25)/b9-5+. The first-order chi connectivity index (χ1) is 13.1. The fraction of sp³-hybridized carbons (Fsp3) is 0.200. The van der Waals surface area contributed by atoms with Crippen molar-refractivity contribution in [2.75, 3.05) is 20.2 Å². The molecule has 140 valence electrons. The lowest BCUT2D eigenvalue weighted by Crippen LogP contribution is -2.26. The third-order valence-electron chi connectivity index (χ3n) is 4.13. The first-order valence-electron chi connectivity index (χ1n) is 8.61. The van der Waals surface area contributed by atoms with E-state index in [1.165, 1.54) is 19.2 Å². The SMILES string of the molecule is COc1c(C(=O)NCCCN)ccc2n[nH]c(/C=C/c3ccc(F)cc3)c12. The summed E-state index contributed by atoms with van der Waals surface area (Å²) in [6.45, 7) is 1.01. The Morgan fingerprint density at radius 2 is 2.04 bits per heavy atom. The van der Waals surface area contributed by atoms with Gasteiger partial charge in [0.2, 0.25) is 0 Å². The Morgan fingerprint density at radius 3 is 2.74 bits per heavy atom. The molecule has 0 fully saturated rings. The molecule has 7 heteroatoms. The molecule has 0 aliphatic carbocycles. The third-order valence-corrected chi connectivity index (χ3v) is 4.13. The third kappa shape index (κ3) is 4.15. The first kappa shape index (κ1) is 18.6. The van der Waals surface area contributed by atoms with Crippen molar-refractivity contribution >= 4 is 29.0 Å². The second-order valence-corrected chi connectivity index (χ2v) is 5.96. The molecule has 0 saturated carbocycles. The number of nitrogens with two attached hydrogens (primary N) is 1. The topological polar surface area (TPSA) is 93.0 Å². The van der Waals surface area contributed by atoms with E-state index in [1.54, 1.807) is 24.3 Å². The van der Waals surface area contributed by atoms with Crippen LogP contribution in [0.1, 0.15) is 28.0 Å². The number of nitrogens with one attached hydrogen (secondary N) is 2. The van der Waals surface area contributed by atoms with Gasteiger partial charge in [-0.05, 0) is 48.9 Å². The summed E-state index contributed by atoms with van der Waals surface area (Å²) in [6.07, 6.45) is 4.36. The van der Waals surface area contributed by atoms with Gasteiger partial charge in [0.05, 0.1) is 29.3 Å². The van der Waals surface area contributed by atoms with E-state index in [2.05, 4.69) is 15.5 Å². The fourth-order valence-electron chi connectivity index (χ4n) is 2.77. The minimum Gasteiger partial charge on any atom is -0.495 e. The molecule has 0 bridgehead atoms. The lowest BCUT2D eigenvalue weighted by molar-refractivity contribution is 0.0950. The molecule has 1 amide bonds. The van der Waals surface area contributed by atoms with Gasteiger partial charge in [-0.25, -0.2) is 4.39 Å². The smallest absolute Gasteiger partial charge is 0.255 e. The highest BCUT2D eigenvalue weighted by atomic mass is 19.1. The Balaban J connectivity index is 1.96. The number of aromatic amines is 1. The molecule has 1 aromatic heterocycles. The van der Waals surface area contributed by atoms with Gasteiger partial charge in [0.25, 0.3) is 5.91 Å². The average molecular weight is 368 g/mol. The maximum atomic E-state index is 13.0. The van der Waals surface area contributed by atoms with Crippen LogP contribution < -0.4 is 15.8 Å². The predicted molar refractivity (Wildman–Crippen MR) is 104 cm³/mol. The summed E-state index contributed by atoms with van der Waals surface area (Å²) in [5, 5.41) is 10.8. The van der Waals surface area contributed by atoms with Crippen LogP contribution in [0.5, 0.6) is 5.75 Å². The number of hydrogen-bond donors (Lipinski definition) is 3. The van der Waals surface area contributed by atoms with Crippen LogP contribution in [0.15, 0.2) is 36.4 Å². The number of nitrogens with zero attached hydrogens (tertiary/aromatic N) is 1. The van der Waals surface area contributed by atoms with E-state index in [4.69, 9.17) is 10.5 Å². The zero-order chi connectivity index (χ0) is 19.2. The molecule has 0 aliphatic heterocycles. The summed E-state index contributed by atoms with van der Waals surface area (Å²) in [6, 6.07) is 9.61. The zero-order valence-corrected chi connectivity index (χ0v) is 15.0. The molecule has 0 spiro atoms. The lowest BCUT2D eigenvalue weighted by Gasteiger charge is -2.10. The van der Waals surface area contributed by atoms with Crippen molar-refractivity contribution in [3.63, 3.8) is 0 Å². The van der Waals surface area contributed by atoms with Gasteiger partial charge in [-0.3, -0.25) is 9.89 Å². The Kier molecular flexibility index (Phi) is 5.83. The van der Waals surface area contributed by atoms with Crippen molar-refractivity contribution in [1.82, 2.24) is 15.5 Å². The highest BCUT2D eigenvalue weighted by Gasteiger charge is 2.18. The van der Waals surface area contributed by atoms with Gasteiger partial charge >= 0.3 is 0 Å². The summed E-state index contributed by atoms with van der Waals surface area (Å²) in [4.78, 5) is 12.5. The Hall–Kier alpha value is -3.19. The minimum atomic E-state index is -0.286. The van der Waals surface area contributed by atoms with Gasteiger partial charge in [0, 0.05) is 6.54 Å². The van der Waals surface area contributed by atoms with Crippen molar-refractivity contribution in [3.05, 3.63) is 59.0 Å². The monoisotopic (exact) mass is 368 g/mol. The minimum absolute atomic E-state index is 0.225. The molecule has 0 unspecified atom stereocenters. The molecule has 6 nitrogen and oxygen atoms in total. The summed E-state index contributed by atoms with van der Waals surface area (Å²) in [7, 11) is 1.52. The van der Waals surface area contributed by atoms with Crippen LogP contribution >= 0.6 is 0 Å². The number of hydrogen-bond acceptors (Lipinski definition) is 4. The summed E-state index contributed by atoms with van der Waals surface area (Å²) >= 11 is 0. The molecule has 1 heterocycles. The number of aromatic nitrogens is 2. The normalized spacial score (nSPS) is 11.2. The quantitative estimate of drug-likeness (QED) is 0.559. The van der Waals surface area contributed by atoms with E-state index in [1.807, 2.05) is 12.2 Å². The van der Waals surface area contributed by atoms with E-state index >= 15 is 0 Å². The molecule has 0 saturated heterocycles. The van der Waals surface area contributed by atoms with E-state index < -0.39 is 0 Å².